The summed E-state index contributed by atoms with van der Waals surface area (Å²) in [6.45, 7) is 1.81. The molecule has 0 aliphatic carbocycles. The second-order valence-electron chi connectivity index (χ2n) is 7.94. The highest BCUT2D eigenvalue weighted by Gasteiger charge is 2.27. The van der Waals surface area contributed by atoms with Crippen LogP contribution in [0, 0.1) is 6.92 Å². The lowest BCUT2D eigenvalue weighted by Gasteiger charge is -2.24. The minimum Gasteiger partial charge on any atom is -0.497 e. The number of anilines is 1. The van der Waals surface area contributed by atoms with Crippen molar-refractivity contribution in [2.75, 3.05) is 18.0 Å². The molecule has 4 aromatic rings. The Hall–Kier alpha value is -3.84. The van der Waals surface area contributed by atoms with Gasteiger partial charge in [-0.05, 0) is 47.5 Å². The molecule has 0 atom stereocenters. The molecule has 4 aromatic carbocycles. The highest BCUT2D eigenvalue weighted by molar-refractivity contribution is 7.92. The second-order valence-corrected chi connectivity index (χ2v) is 9.80. The van der Waals surface area contributed by atoms with Crippen molar-refractivity contribution in [2.24, 2.45) is 0 Å². The maximum atomic E-state index is 13.5. The molecule has 7 heteroatoms. The fraction of sp³-hybridized carbons (Fsp3) is 0.148. The Morgan fingerprint density at radius 1 is 0.912 bits per heavy atom. The number of carbonyl (C=O) groups excluding carboxylic acids is 1. The molecule has 0 aliphatic heterocycles. The van der Waals surface area contributed by atoms with E-state index in [2.05, 4.69) is 5.32 Å². The van der Waals surface area contributed by atoms with Gasteiger partial charge in [-0.2, -0.15) is 0 Å². The van der Waals surface area contributed by atoms with Gasteiger partial charge >= 0.3 is 0 Å². The summed E-state index contributed by atoms with van der Waals surface area (Å²) in [5, 5.41) is 5.00. The van der Waals surface area contributed by atoms with Gasteiger partial charge in [-0.25, -0.2) is 8.42 Å². The number of nitrogens with one attached hydrogen (secondary N) is 1. The van der Waals surface area contributed by atoms with Gasteiger partial charge in [0.25, 0.3) is 10.0 Å². The van der Waals surface area contributed by atoms with E-state index in [-0.39, 0.29) is 18.0 Å². The maximum absolute atomic E-state index is 13.5. The van der Waals surface area contributed by atoms with Crippen LogP contribution < -0.4 is 14.4 Å². The summed E-state index contributed by atoms with van der Waals surface area (Å²) in [5.74, 6) is 0.0872. The maximum Gasteiger partial charge on any atom is 0.264 e. The first kappa shape index (κ1) is 23.3. The molecule has 0 aliphatic rings. The lowest BCUT2D eigenvalue weighted by molar-refractivity contribution is -0.119. The number of carbonyl (C=O) groups is 1. The van der Waals surface area contributed by atoms with Crippen molar-refractivity contribution < 1.29 is 17.9 Å². The lowest BCUT2D eigenvalue weighted by atomic mass is 10.0. The number of hydrogen-bond acceptors (Lipinski definition) is 4. The van der Waals surface area contributed by atoms with E-state index < -0.39 is 15.9 Å². The van der Waals surface area contributed by atoms with E-state index in [1.807, 2.05) is 49.4 Å². The van der Waals surface area contributed by atoms with E-state index in [1.165, 1.54) is 7.11 Å². The minimum absolute atomic E-state index is 0.114. The third kappa shape index (κ3) is 5.05. The summed E-state index contributed by atoms with van der Waals surface area (Å²) in [6, 6.07) is 27.1. The Morgan fingerprint density at radius 3 is 2.38 bits per heavy atom. The first-order valence-electron chi connectivity index (χ1n) is 10.9. The first-order valence-corrected chi connectivity index (χ1v) is 12.3. The number of methoxy groups -OCH3 is 1. The molecule has 0 fully saturated rings. The molecule has 0 radical (unpaired) electrons. The Morgan fingerprint density at radius 2 is 1.62 bits per heavy atom. The molecule has 0 bridgehead atoms. The standard InChI is InChI=1S/C27H26N2O4S/c1-20-13-15-25(16-14-20)34(31,32)29(23-10-6-11-24(17-23)33-2)19-27(30)28-18-22-9-5-8-21-7-3-4-12-26(21)22/h3-17H,18-19H2,1-2H3,(H,28,30). The number of aryl methyl sites for hydroxylation is 1. The van der Waals surface area contributed by atoms with Gasteiger partial charge in [0.2, 0.25) is 5.91 Å². The molecule has 0 unspecified atom stereocenters. The van der Waals surface area contributed by atoms with Crippen LogP contribution in [-0.2, 0) is 21.4 Å². The molecule has 0 heterocycles. The summed E-state index contributed by atoms with van der Waals surface area (Å²) >= 11 is 0. The number of amides is 1. The topological polar surface area (TPSA) is 75.7 Å². The molecule has 174 valence electrons. The van der Waals surface area contributed by atoms with Gasteiger partial charge in [-0.15, -0.1) is 0 Å². The zero-order valence-electron chi connectivity index (χ0n) is 19.1. The van der Waals surface area contributed by atoms with E-state index in [0.29, 0.717) is 11.4 Å². The van der Waals surface area contributed by atoms with Gasteiger partial charge in [0.05, 0.1) is 17.7 Å². The summed E-state index contributed by atoms with van der Waals surface area (Å²) in [7, 11) is -2.48. The predicted molar refractivity (Wildman–Crippen MR) is 134 cm³/mol. The number of ether oxygens (including phenoxy) is 1. The van der Waals surface area contributed by atoms with Crippen molar-refractivity contribution in [1.29, 1.82) is 0 Å². The zero-order chi connectivity index (χ0) is 24.1. The van der Waals surface area contributed by atoms with Crippen molar-refractivity contribution in [3.05, 3.63) is 102 Å². The van der Waals surface area contributed by atoms with Gasteiger partial charge < -0.3 is 10.1 Å². The largest absolute Gasteiger partial charge is 0.497 e. The average Bonchev–Trinajstić information content (AvgIpc) is 2.86. The van der Waals surface area contributed by atoms with Crippen LogP contribution in [-0.4, -0.2) is 28.0 Å². The van der Waals surface area contributed by atoms with Crippen LogP contribution in [0.4, 0.5) is 5.69 Å². The van der Waals surface area contributed by atoms with Crippen molar-refractivity contribution >= 4 is 32.4 Å². The SMILES string of the molecule is COc1cccc(N(CC(=O)NCc2cccc3ccccc23)S(=O)(=O)c2ccc(C)cc2)c1. The highest BCUT2D eigenvalue weighted by Crippen LogP contribution is 2.27. The van der Waals surface area contributed by atoms with Crippen molar-refractivity contribution in [2.45, 2.75) is 18.4 Å². The van der Waals surface area contributed by atoms with Gasteiger partial charge in [-0.1, -0.05) is 66.2 Å². The summed E-state index contributed by atoms with van der Waals surface area (Å²) in [4.78, 5) is 13.1. The van der Waals surface area contributed by atoms with Gasteiger partial charge in [0.1, 0.15) is 12.3 Å². The average molecular weight is 475 g/mol. The van der Waals surface area contributed by atoms with Gasteiger partial charge in [-0.3, -0.25) is 9.10 Å². The van der Waals surface area contributed by atoms with Crippen LogP contribution in [0.1, 0.15) is 11.1 Å². The van der Waals surface area contributed by atoms with Gasteiger partial charge in [0, 0.05) is 12.6 Å². The lowest BCUT2D eigenvalue weighted by Crippen LogP contribution is -2.40. The van der Waals surface area contributed by atoms with E-state index >= 15 is 0 Å². The smallest absolute Gasteiger partial charge is 0.264 e. The van der Waals surface area contributed by atoms with Crippen LogP contribution in [0.3, 0.4) is 0 Å². The monoisotopic (exact) mass is 474 g/mol. The van der Waals surface area contributed by atoms with E-state index in [0.717, 1.165) is 26.2 Å². The Balaban J connectivity index is 1.61. The van der Waals surface area contributed by atoms with Crippen LogP contribution in [0.2, 0.25) is 0 Å². The summed E-state index contributed by atoms with van der Waals surface area (Å²) in [6.07, 6.45) is 0. The van der Waals surface area contributed by atoms with Crippen LogP contribution in [0.5, 0.6) is 5.75 Å². The highest BCUT2D eigenvalue weighted by atomic mass is 32.2. The van der Waals surface area contributed by atoms with E-state index in [1.54, 1.807) is 48.5 Å². The molecule has 0 saturated carbocycles. The van der Waals surface area contributed by atoms with Crippen LogP contribution >= 0.6 is 0 Å². The number of benzene rings is 4. The number of rotatable bonds is 8. The Bertz CT molecular complexity index is 1410. The molecular weight excluding hydrogens is 448 g/mol. The van der Waals surface area contributed by atoms with Crippen molar-refractivity contribution in [1.82, 2.24) is 5.32 Å². The molecule has 0 aromatic heterocycles. The number of sulfonamides is 1. The number of fused-ring (bicyclic) bond motifs is 1. The third-order valence-electron chi connectivity index (χ3n) is 5.59. The molecule has 0 saturated heterocycles. The fourth-order valence-electron chi connectivity index (χ4n) is 3.74. The van der Waals surface area contributed by atoms with Crippen LogP contribution in [0.25, 0.3) is 10.8 Å². The van der Waals surface area contributed by atoms with Crippen molar-refractivity contribution in [3.8, 4) is 5.75 Å². The third-order valence-corrected chi connectivity index (χ3v) is 7.38. The number of hydrogen-bond donors (Lipinski definition) is 1. The first-order chi connectivity index (χ1) is 16.4. The summed E-state index contributed by atoms with van der Waals surface area (Å²) in [5.41, 5.74) is 2.25. The predicted octanol–water partition coefficient (Wildman–Crippen LogP) is 4.67. The molecule has 4 rings (SSSR count). The molecule has 1 amide bonds. The Labute approximate surface area is 199 Å². The molecular formula is C27H26N2O4S. The molecule has 34 heavy (non-hydrogen) atoms. The molecule has 6 nitrogen and oxygen atoms in total. The molecule has 1 N–H and O–H groups in total. The van der Waals surface area contributed by atoms with E-state index in [4.69, 9.17) is 4.74 Å². The quantitative estimate of drug-likeness (QED) is 0.403. The van der Waals surface area contributed by atoms with Crippen LogP contribution in [0.15, 0.2) is 95.9 Å². The number of nitrogens with zero attached hydrogens (tertiary/aromatic N) is 1. The Kier molecular flexibility index (Phi) is 6.84. The van der Waals surface area contributed by atoms with E-state index in [9.17, 15) is 13.2 Å². The molecule has 0 spiro atoms. The second kappa shape index (κ2) is 9.97. The van der Waals surface area contributed by atoms with Gasteiger partial charge in [0.15, 0.2) is 0 Å². The zero-order valence-corrected chi connectivity index (χ0v) is 19.9. The summed E-state index contributed by atoms with van der Waals surface area (Å²) < 4.78 is 33.4. The fourth-order valence-corrected chi connectivity index (χ4v) is 5.16. The minimum atomic E-state index is -3.99. The van der Waals surface area contributed by atoms with Crippen molar-refractivity contribution in [3.63, 3.8) is 0 Å². The normalized spacial score (nSPS) is 11.2.